The molecule has 1 aliphatic heterocycles. The van der Waals surface area contributed by atoms with Gasteiger partial charge in [0.15, 0.2) is 0 Å². The molecule has 2 heterocycles. The minimum Gasteiger partial charge on any atom is -0.338 e. The molecule has 0 radical (unpaired) electrons. The summed E-state index contributed by atoms with van der Waals surface area (Å²) < 4.78 is 5.09. The summed E-state index contributed by atoms with van der Waals surface area (Å²) in [5.74, 6) is 0.647. The van der Waals surface area contributed by atoms with E-state index in [4.69, 9.17) is 4.52 Å². The quantitative estimate of drug-likeness (QED) is 0.833. The fourth-order valence-corrected chi connectivity index (χ4v) is 2.17. The predicted octanol–water partition coefficient (Wildman–Crippen LogP) is 1.03. The molecule has 19 heavy (non-hydrogen) atoms. The van der Waals surface area contributed by atoms with Crippen molar-refractivity contribution >= 4 is 11.8 Å². The van der Waals surface area contributed by atoms with Crippen LogP contribution in [0, 0.1) is 0 Å². The number of anilines is 1. The van der Waals surface area contributed by atoms with Gasteiger partial charge in [-0.05, 0) is 25.9 Å². The lowest BCUT2D eigenvalue weighted by molar-refractivity contribution is -0.117. The largest absolute Gasteiger partial charge is 0.338 e. The van der Waals surface area contributed by atoms with Crippen LogP contribution < -0.4 is 10.6 Å². The second kappa shape index (κ2) is 6.16. The Kier molecular flexibility index (Phi) is 4.55. The molecule has 6 heteroatoms. The monoisotopic (exact) mass is 266 g/mol. The second-order valence-electron chi connectivity index (χ2n) is 5.38. The first-order valence-corrected chi connectivity index (χ1v) is 6.73. The van der Waals surface area contributed by atoms with Crippen molar-refractivity contribution in [2.24, 2.45) is 0 Å². The fourth-order valence-electron chi connectivity index (χ4n) is 2.17. The van der Waals surface area contributed by atoms with Crippen LogP contribution >= 0.6 is 0 Å². The Morgan fingerprint density at radius 2 is 2.47 bits per heavy atom. The molecular weight excluding hydrogens is 244 g/mol. The van der Waals surface area contributed by atoms with Crippen LogP contribution in [0.5, 0.6) is 0 Å². The third kappa shape index (κ3) is 3.78. The van der Waals surface area contributed by atoms with Gasteiger partial charge in [0.2, 0.25) is 11.8 Å². The van der Waals surface area contributed by atoms with Gasteiger partial charge in [0, 0.05) is 18.7 Å². The average Bonchev–Trinajstić information content (AvgIpc) is 2.98. The van der Waals surface area contributed by atoms with Crippen LogP contribution in [-0.2, 0) is 4.79 Å². The maximum atomic E-state index is 11.9. The zero-order valence-corrected chi connectivity index (χ0v) is 11.8. The number of likely N-dealkylation sites (N-methyl/N-ethyl adjacent to an activating group) is 1. The Morgan fingerprint density at radius 3 is 3.05 bits per heavy atom. The van der Waals surface area contributed by atoms with Crippen molar-refractivity contribution in [2.45, 2.75) is 32.2 Å². The number of nitrogens with zero attached hydrogens (tertiary/aromatic N) is 2. The van der Waals surface area contributed by atoms with Gasteiger partial charge in [-0.25, -0.2) is 0 Å². The van der Waals surface area contributed by atoms with E-state index in [0.29, 0.717) is 24.4 Å². The summed E-state index contributed by atoms with van der Waals surface area (Å²) in [5.41, 5.74) is 0.851. The van der Waals surface area contributed by atoms with E-state index >= 15 is 0 Å². The number of aromatic nitrogens is 1. The van der Waals surface area contributed by atoms with E-state index in [2.05, 4.69) is 20.7 Å². The van der Waals surface area contributed by atoms with Crippen LogP contribution in [-0.4, -0.2) is 48.7 Å². The highest BCUT2D eigenvalue weighted by molar-refractivity contribution is 5.90. The van der Waals surface area contributed by atoms with Crippen molar-refractivity contribution in [3.05, 3.63) is 11.8 Å². The predicted molar refractivity (Wildman–Crippen MR) is 73.1 cm³/mol. The highest BCUT2D eigenvalue weighted by Crippen LogP contribution is 2.17. The van der Waals surface area contributed by atoms with E-state index in [1.807, 2.05) is 20.9 Å². The van der Waals surface area contributed by atoms with Crippen LogP contribution in [0.1, 0.15) is 31.9 Å². The van der Waals surface area contributed by atoms with E-state index in [1.165, 1.54) is 0 Å². The van der Waals surface area contributed by atoms with Gasteiger partial charge in [0.05, 0.1) is 12.2 Å². The molecule has 0 spiro atoms. The minimum atomic E-state index is -0.0687. The normalized spacial score (nSPS) is 19.3. The third-order valence-corrected chi connectivity index (χ3v) is 3.43. The molecule has 1 unspecified atom stereocenters. The maximum Gasteiger partial charge on any atom is 0.240 e. The zero-order valence-electron chi connectivity index (χ0n) is 11.8. The molecule has 1 fully saturated rings. The first-order valence-electron chi connectivity index (χ1n) is 6.73. The smallest absolute Gasteiger partial charge is 0.240 e. The zero-order chi connectivity index (χ0) is 13.8. The maximum absolute atomic E-state index is 11.9. The number of hydrogen-bond acceptors (Lipinski definition) is 5. The molecule has 1 aromatic heterocycles. The molecule has 0 saturated carbocycles. The summed E-state index contributed by atoms with van der Waals surface area (Å²) in [6.45, 7) is 6.40. The molecule has 2 rings (SSSR count). The highest BCUT2D eigenvalue weighted by Gasteiger charge is 2.21. The van der Waals surface area contributed by atoms with Crippen molar-refractivity contribution in [1.29, 1.82) is 0 Å². The molecular formula is C13H22N4O2. The Hall–Kier alpha value is -1.40. The van der Waals surface area contributed by atoms with Gasteiger partial charge < -0.3 is 9.84 Å². The first kappa shape index (κ1) is 14.0. The number of carbonyl (C=O) groups is 1. The number of rotatable bonds is 5. The third-order valence-electron chi connectivity index (χ3n) is 3.43. The number of nitrogens with one attached hydrogen (secondary N) is 2. The van der Waals surface area contributed by atoms with Crippen molar-refractivity contribution in [1.82, 2.24) is 15.4 Å². The average molecular weight is 266 g/mol. The topological polar surface area (TPSA) is 70.4 Å². The van der Waals surface area contributed by atoms with Gasteiger partial charge in [-0.15, -0.1) is 0 Å². The van der Waals surface area contributed by atoms with Gasteiger partial charge >= 0.3 is 0 Å². The molecule has 1 saturated heterocycles. The fraction of sp³-hybridized carbons (Fsp3) is 0.692. The summed E-state index contributed by atoms with van der Waals surface area (Å²) in [6, 6.07) is 2.21. The van der Waals surface area contributed by atoms with Crippen LogP contribution in [0.3, 0.4) is 0 Å². The van der Waals surface area contributed by atoms with Gasteiger partial charge in [-0.3, -0.25) is 15.0 Å². The molecule has 6 nitrogen and oxygen atoms in total. The Morgan fingerprint density at radius 1 is 1.68 bits per heavy atom. The molecule has 0 bridgehead atoms. The van der Waals surface area contributed by atoms with E-state index in [-0.39, 0.29) is 5.91 Å². The van der Waals surface area contributed by atoms with Gasteiger partial charge in [-0.1, -0.05) is 19.0 Å². The molecule has 0 aromatic carbocycles. The summed E-state index contributed by atoms with van der Waals surface area (Å²) in [7, 11) is 1.97. The summed E-state index contributed by atoms with van der Waals surface area (Å²) >= 11 is 0. The Labute approximate surface area is 113 Å². The second-order valence-corrected chi connectivity index (χ2v) is 5.38. The minimum absolute atomic E-state index is 0.0687. The lowest BCUT2D eigenvalue weighted by Crippen LogP contribution is -2.39. The van der Waals surface area contributed by atoms with Crippen molar-refractivity contribution in [2.75, 3.05) is 32.0 Å². The number of hydrogen-bond donors (Lipinski definition) is 2. The van der Waals surface area contributed by atoms with Crippen molar-refractivity contribution in [3.8, 4) is 0 Å². The van der Waals surface area contributed by atoms with Crippen LogP contribution in [0.25, 0.3) is 0 Å². The molecule has 1 aromatic rings. The van der Waals surface area contributed by atoms with E-state index < -0.39 is 0 Å². The van der Waals surface area contributed by atoms with Crippen molar-refractivity contribution in [3.63, 3.8) is 0 Å². The standard InChI is InChI=1S/C13H22N4O2/c1-9(2)11-6-13(19-16-11)15-12(18)8-17(3)10-4-5-14-7-10/h6,9-10,14H,4-5,7-8H2,1-3H3,(H,15,18). The molecule has 0 aliphatic carbocycles. The first-order chi connectivity index (χ1) is 9.06. The van der Waals surface area contributed by atoms with E-state index in [0.717, 1.165) is 25.2 Å². The van der Waals surface area contributed by atoms with Gasteiger partial charge in [-0.2, -0.15) is 0 Å². The Bertz CT molecular complexity index is 424. The summed E-state index contributed by atoms with van der Waals surface area (Å²) in [6.07, 6.45) is 1.09. The molecule has 1 amide bonds. The Balaban J connectivity index is 1.82. The lowest BCUT2D eigenvalue weighted by atomic mass is 10.1. The SMILES string of the molecule is CC(C)c1cc(NC(=O)CN(C)C2CCNC2)on1. The molecule has 1 atom stereocenters. The van der Waals surface area contributed by atoms with E-state index in [9.17, 15) is 4.79 Å². The summed E-state index contributed by atoms with van der Waals surface area (Å²) in [4.78, 5) is 14.0. The highest BCUT2D eigenvalue weighted by atomic mass is 16.5. The molecule has 2 N–H and O–H groups in total. The number of amides is 1. The van der Waals surface area contributed by atoms with Gasteiger partial charge in [0.25, 0.3) is 0 Å². The lowest BCUT2D eigenvalue weighted by Gasteiger charge is -2.22. The van der Waals surface area contributed by atoms with Crippen molar-refractivity contribution < 1.29 is 9.32 Å². The van der Waals surface area contributed by atoms with Crippen LogP contribution in [0.4, 0.5) is 5.88 Å². The van der Waals surface area contributed by atoms with E-state index in [1.54, 1.807) is 6.07 Å². The van der Waals surface area contributed by atoms with Crippen LogP contribution in [0.15, 0.2) is 10.6 Å². The molecule has 1 aliphatic rings. The number of carbonyl (C=O) groups excluding carboxylic acids is 1. The van der Waals surface area contributed by atoms with Gasteiger partial charge in [0.1, 0.15) is 0 Å². The molecule has 106 valence electrons. The van der Waals surface area contributed by atoms with Crippen LogP contribution in [0.2, 0.25) is 0 Å². The summed E-state index contributed by atoms with van der Waals surface area (Å²) in [5, 5.41) is 9.94.